The molecule has 1 aliphatic rings. The molecule has 1 N–H and O–H groups in total. The van der Waals surface area contributed by atoms with Crippen LogP contribution >= 0.6 is 0 Å². The van der Waals surface area contributed by atoms with Crippen LogP contribution < -0.4 is 5.32 Å². The first-order valence-corrected chi connectivity index (χ1v) is 6.08. The van der Waals surface area contributed by atoms with Crippen LogP contribution in [0.15, 0.2) is 54.9 Å². The topological polar surface area (TPSA) is 42.0 Å². The number of rotatable bonds is 3. The Bertz CT molecular complexity index is 547. The van der Waals surface area contributed by atoms with Gasteiger partial charge in [0.1, 0.15) is 0 Å². The normalized spacial score (nSPS) is 16.0. The van der Waals surface area contributed by atoms with Crippen molar-refractivity contribution in [1.29, 1.82) is 0 Å². The number of benzene rings is 1. The molecular weight excluding hydrogens is 224 g/mol. The van der Waals surface area contributed by atoms with Crippen LogP contribution in [-0.2, 0) is 10.2 Å². The smallest absolute Gasteiger partial charge is 0.235 e. The van der Waals surface area contributed by atoms with E-state index in [0.29, 0.717) is 0 Å². The Morgan fingerprint density at radius 1 is 1.11 bits per heavy atom. The predicted octanol–water partition coefficient (Wildman–Crippen LogP) is 2.75. The van der Waals surface area contributed by atoms with Gasteiger partial charge in [0.15, 0.2) is 0 Å². The molecule has 0 atom stereocenters. The lowest BCUT2D eigenvalue weighted by molar-refractivity contribution is -0.118. The summed E-state index contributed by atoms with van der Waals surface area (Å²) in [6, 6.07) is 13.6. The molecule has 1 saturated carbocycles. The average Bonchev–Trinajstić information content (AvgIpc) is 3.22. The maximum absolute atomic E-state index is 12.4. The van der Waals surface area contributed by atoms with Crippen molar-refractivity contribution in [3.63, 3.8) is 0 Å². The third-order valence-corrected chi connectivity index (χ3v) is 3.43. The quantitative estimate of drug-likeness (QED) is 0.893. The van der Waals surface area contributed by atoms with E-state index in [1.807, 2.05) is 42.5 Å². The molecule has 3 nitrogen and oxygen atoms in total. The summed E-state index contributed by atoms with van der Waals surface area (Å²) in [5.41, 5.74) is 1.54. The molecule has 1 amide bonds. The van der Waals surface area contributed by atoms with E-state index in [9.17, 15) is 4.79 Å². The van der Waals surface area contributed by atoms with E-state index < -0.39 is 0 Å². The molecule has 0 bridgehead atoms. The van der Waals surface area contributed by atoms with E-state index >= 15 is 0 Å². The Labute approximate surface area is 106 Å². The van der Waals surface area contributed by atoms with E-state index in [0.717, 1.165) is 24.1 Å². The predicted molar refractivity (Wildman–Crippen MR) is 70.2 cm³/mol. The number of amides is 1. The fourth-order valence-electron chi connectivity index (χ4n) is 2.22. The Balaban J connectivity index is 1.81. The van der Waals surface area contributed by atoms with Crippen molar-refractivity contribution in [3.8, 4) is 0 Å². The second-order valence-corrected chi connectivity index (χ2v) is 4.64. The molecule has 0 unspecified atom stereocenters. The molecule has 0 radical (unpaired) electrons. The van der Waals surface area contributed by atoms with Crippen LogP contribution in [0.4, 0.5) is 5.69 Å². The van der Waals surface area contributed by atoms with Gasteiger partial charge in [-0.25, -0.2) is 0 Å². The van der Waals surface area contributed by atoms with Crippen LogP contribution in [0.5, 0.6) is 0 Å². The van der Waals surface area contributed by atoms with E-state index in [1.54, 1.807) is 12.4 Å². The van der Waals surface area contributed by atoms with Crippen molar-refractivity contribution in [3.05, 3.63) is 60.4 Å². The fourth-order valence-corrected chi connectivity index (χ4v) is 2.22. The molecule has 18 heavy (non-hydrogen) atoms. The molecule has 0 saturated heterocycles. The summed E-state index contributed by atoms with van der Waals surface area (Å²) in [5, 5.41) is 2.94. The summed E-state index contributed by atoms with van der Waals surface area (Å²) < 4.78 is 0. The number of aromatic nitrogens is 1. The van der Waals surface area contributed by atoms with Crippen molar-refractivity contribution < 1.29 is 4.79 Å². The van der Waals surface area contributed by atoms with Gasteiger partial charge in [0.2, 0.25) is 5.91 Å². The Morgan fingerprint density at radius 3 is 2.50 bits per heavy atom. The van der Waals surface area contributed by atoms with Gasteiger partial charge in [-0.1, -0.05) is 30.3 Å². The summed E-state index contributed by atoms with van der Waals surface area (Å²) in [4.78, 5) is 16.4. The highest BCUT2D eigenvalue weighted by Crippen LogP contribution is 2.48. The maximum atomic E-state index is 12.4. The van der Waals surface area contributed by atoms with E-state index in [-0.39, 0.29) is 11.3 Å². The third-order valence-electron chi connectivity index (χ3n) is 3.43. The highest BCUT2D eigenvalue weighted by molar-refractivity contribution is 6.01. The zero-order valence-corrected chi connectivity index (χ0v) is 9.97. The lowest BCUT2D eigenvalue weighted by Gasteiger charge is -2.15. The molecule has 3 rings (SSSR count). The monoisotopic (exact) mass is 238 g/mol. The zero-order valence-electron chi connectivity index (χ0n) is 9.97. The molecule has 1 aromatic carbocycles. The number of hydrogen-bond acceptors (Lipinski definition) is 2. The molecule has 2 aromatic rings. The van der Waals surface area contributed by atoms with Gasteiger partial charge in [-0.15, -0.1) is 0 Å². The van der Waals surface area contributed by atoms with Gasteiger partial charge in [0.25, 0.3) is 0 Å². The van der Waals surface area contributed by atoms with Crippen LogP contribution in [0.1, 0.15) is 18.4 Å². The van der Waals surface area contributed by atoms with Gasteiger partial charge in [-0.2, -0.15) is 0 Å². The molecule has 1 aliphatic carbocycles. The van der Waals surface area contributed by atoms with Gasteiger partial charge < -0.3 is 5.32 Å². The van der Waals surface area contributed by atoms with E-state index in [2.05, 4.69) is 10.3 Å². The highest BCUT2D eigenvalue weighted by atomic mass is 16.2. The van der Waals surface area contributed by atoms with Gasteiger partial charge in [-0.05, 0) is 30.5 Å². The molecule has 0 aliphatic heterocycles. The van der Waals surface area contributed by atoms with Gasteiger partial charge in [0.05, 0.1) is 17.3 Å². The first-order chi connectivity index (χ1) is 8.81. The van der Waals surface area contributed by atoms with Crippen molar-refractivity contribution in [2.24, 2.45) is 0 Å². The standard InChI is InChI=1S/C15H14N2O/c18-14(17-13-7-4-10-16-11-13)15(8-9-15)12-5-2-1-3-6-12/h1-7,10-11H,8-9H2,(H,17,18). The second-order valence-electron chi connectivity index (χ2n) is 4.64. The average molecular weight is 238 g/mol. The molecule has 0 spiro atoms. The first-order valence-electron chi connectivity index (χ1n) is 6.08. The zero-order chi connectivity index (χ0) is 12.4. The first kappa shape index (κ1) is 11.0. The second kappa shape index (κ2) is 4.26. The summed E-state index contributed by atoms with van der Waals surface area (Å²) in [7, 11) is 0. The number of carbonyl (C=O) groups excluding carboxylic acids is 1. The minimum atomic E-state index is -0.322. The molecule has 90 valence electrons. The SMILES string of the molecule is O=C(Nc1cccnc1)C1(c2ccccc2)CC1. The number of nitrogens with one attached hydrogen (secondary N) is 1. The van der Waals surface area contributed by atoms with Crippen molar-refractivity contribution in [2.45, 2.75) is 18.3 Å². The minimum absolute atomic E-state index is 0.0710. The summed E-state index contributed by atoms with van der Waals surface area (Å²) in [6.45, 7) is 0. The van der Waals surface area contributed by atoms with Gasteiger partial charge >= 0.3 is 0 Å². The maximum Gasteiger partial charge on any atom is 0.235 e. The Kier molecular flexibility index (Phi) is 2.59. The minimum Gasteiger partial charge on any atom is -0.324 e. The number of nitrogens with zero attached hydrogens (tertiary/aromatic N) is 1. The van der Waals surface area contributed by atoms with Crippen LogP contribution in [-0.4, -0.2) is 10.9 Å². The van der Waals surface area contributed by atoms with Crippen LogP contribution in [0.25, 0.3) is 0 Å². The van der Waals surface area contributed by atoms with E-state index in [1.165, 1.54) is 0 Å². The van der Waals surface area contributed by atoms with Gasteiger partial charge in [-0.3, -0.25) is 9.78 Å². The van der Waals surface area contributed by atoms with Crippen LogP contribution in [0.3, 0.4) is 0 Å². The number of anilines is 1. The van der Waals surface area contributed by atoms with Crippen molar-refractivity contribution >= 4 is 11.6 Å². The number of carbonyl (C=O) groups is 1. The van der Waals surface area contributed by atoms with Crippen LogP contribution in [0.2, 0.25) is 0 Å². The number of pyridine rings is 1. The lowest BCUT2D eigenvalue weighted by atomic mass is 9.95. The van der Waals surface area contributed by atoms with Crippen molar-refractivity contribution in [1.82, 2.24) is 4.98 Å². The van der Waals surface area contributed by atoms with Crippen LogP contribution in [0, 0.1) is 0 Å². The molecular formula is C15H14N2O. The van der Waals surface area contributed by atoms with Crippen molar-refractivity contribution in [2.75, 3.05) is 5.32 Å². The summed E-state index contributed by atoms with van der Waals surface area (Å²) in [6.07, 6.45) is 5.20. The molecule has 1 aromatic heterocycles. The Morgan fingerprint density at radius 2 is 1.89 bits per heavy atom. The van der Waals surface area contributed by atoms with Gasteiger partial charge in [0, 0.05) is 6.20 Å². The third kappa shape index (κ3) is 1.88. The largest absolute Gasteiger partial charge is 0.324 e. The fraction of sp³-hybridized carbons (Fsp3) is 0.200. The molecule has 3 heteroatoms. The Hall–Kier alpha value is -2.16. The summed E-state index contributed by atoms with van der Waals surface area (Å²) >= 11 is 0. The summed E-state index contributed by atoms with van der Waals surface area (Å²) in [5.74, 6) is 0.0710. The number of hydrogen-bond donors (Lipinski definition) is 1. The van der Waals surface area contributed by atoms with E-state index in [4.69, 9.17) is 0 Å². The molecule has 1 fully saturated rings. The lowest BCUT2D eigenvalue weighted by Crippen LogP contribution is -2.27. The molecule has 1 heterocycles. The highest BCUT2D eigenvalue weighted by Gasteiger charge is 2.51.